The molecule has 0 atom stereocenters. The number of hydrogen-bond acceptors (Lipinski definition) is 3. The lowest BCUT2D eigenvalue weighted by Gasteiger charge is -2.15. The molecular formula is C6H15NOS. The fourth-order valence-electron chi connectivity index (χ4n) is 0.267. The summed E-state index contributed by atoms with van der Waals surface area (Å²) in [5.41, 5.74) is 5.22. The standard InChI is InChI=1S/C6H15NOS/c1-6(2,3)9-8-5-4-7/h4-5,7H2,1-3H3. The Bertz CT molecular complexity index is 69.9. The van der Waals surface area contributed by atoms with Gasteiger partial charge in [0.25, 0.3) is 0 Å². The maximum absolute atomic E-state index is 5.22. The van der Waals surface area contributed by atoms with Crippen molar-refractivity contribution in [3.8, 4) is 0 Å². The lowest BCUT2D eigenvalue weighted by Crippen LogP contribution is -2.11. The van der Waals surface area contributed by atoms with E-state index in [1.165, 1.54) is 12.0 Å². The van der Waals surface area contributed by atoms with Crippen LogP contribution in [0.5, 0.6) is 0 Å². The zero-order valence-electron chi connectivity index (χ0n) is 6.31. The third-order valence-electron chi connectivity index (χ3n) is 0.510. The van der Waals surface area contributed by atoms with Crippen molar-refractivity contribution in [3.63, 3.8) is 0 Å². The van der Waals surface area contributed by atoms with Crippen LogP contribution in [0.15, 0.2) is 0 Å². The van der Waals surface area contributed by atoms with E-state index >= 15 is 0 Å². The third-order valence-corrected chi connectivity index (χ3v) is 1.29. The van der Waals surface area contributed by atoms with Gasteiger partial charge in [0.15, 0.2) is 0 Å². The predicted octanol–water partition coefficient (Wildman–Crippen LogP) is 1.41. The Hall–Kier alpha value is 0.270. The Kier molecular flexibility index (Phi) is 4.27. The number of nitrogens with two attached hydrogens (primary N) is 1. The van der Waals surface area contributed by atoms with Gasteiger partial charge in [-0.05, 0) is 32.8 Å². The lowest BCUT2D eigenvalue weighted by atomic mass is 10.3. The van der Waals surface area contributed by atoms with Gasteiger partial charge in [0.2, 0.25) is 0 Å². The molecule has 2 N–H and O–H groups in total. The average molecular weight is 149 g/mol. The van der Waals surface area contributed by atoms with Gasteiger partial charge in [-0.15, -0.1) is 0 Å². The van der Waals surface area contributed by atoms with Gasteiger partial charge in [-0.2, -0.15) is 0 Å². The van der Waals surface area contributed by atoms with E-state index < -0.39 is 0 Å². The van der Waals surface area contributed by atoms with E-state index in [-0.39, 0.29) is 4.75 Å². The molecule has 0 unspecified atom stereocenters. The number of rotatable bonds is 3. The first-order valence-corrected chi connectivity index (χ1v) is 3.81. The van der Waals surface area contributed by atoms with E-state index in [1.807, 2.05) is 0 Å². The van der Waals surface area contributed by atoms with E-state index in [0.717, 1.165) is 0 Å². The van der Waals surface area contributed by atoms with Crippen LogP contribution in [0, 0.1) is 0 Å². The van der Waals surface area contributed by atoms with Gasteiger partial charge >= 0.3 is 0 Å². The molecule has 0 radical (unpaired) electrons. The van der Waals surface area contributed by atoms with Crippen molar-refractivity contribution in [2.75, 3.05) is 13.2 Å². The molecule has 0 amide bonds. The summed E-state index contributed by atoms with van der Waals surface area (Å²) in [6, 6.07) is 0. The summed E-state index contributed by atoms with van der Waals surface area (Å²) in [5, 5.41) is 0. The molecule has 0 bridgehead atoms. The molecule has 0 saturated carbocycles. The van der Waals surface area contributed by atoms with Gasteiger partial charge in [0.1, 0.15) is 0 Å². The van der Waals surface area contributed by atoms with E-state index in [4.69, 9.17) is 9.92 Å². The van der Waals surface area contributed by atoms with E-state index in [2.05, 4.69) is 20.8 Å². The van der Waals surface area contributed by atoms with Gasteiger partial charge in [0, 0.05) is 11.3 Å². The second-order valence-corrected chi connectivity index (χ2v) is 4.43. The number of hydrogen-bond donors (Lipinski definition) is 1. The third kappa shape index (κ3) is 8.27. The molecule has 0 spiro atoms. The summed E-state index contributed by atoms with van der Waals surface area (Å²) in [6.45, 7) is 7.56. The van der Waals surface area contributed by atoms with Crippen LogP contribution in [-0.4, -0.2) is 17.9 Å². The van der Waals surface area contributed by atoms with Gasteiger partial charge < -0.3 is 9.92 Å². The van der Waals surface area contributed by atoms with Crippen LogP contribution in [0.4, 0.5) is 0 Å². The zero-order valence-corrected chi connectivity index (χ0v) is 7.12. The maximum Gasteiger partial charge on any atom is 0.0736 e. The minimum atomic E-state index is 0.190. The van der Waals surface area contributed by atoms with Crippen molar-refractivity contribution >= 4 is 12.0 Å². The largest absolute Gasteiger partial charge is 0.328 e. The fourth-order valence-corrected chi connectivity index (χ4v) is 0.800. The van der Waals surface area contributed by atoms with Crippen molar-refractivity contribution in [1.29, 1.82) is 0 Å². The molecule has 0 aromatic carbocycles. The highest BCUT2D eigenvalue weighted by molar-refractivity contribution is 7.96. The molecular weight excluding hydrogens is 134 g/mol. The summed E-state index contributed by atoms with van der Waals surface area (Å²) in [4.78, 5) is 0. The highest BCUT2D eigenvalue weighted by Gasteiger charge is 2.10. The Morgan fingerprint density at radius 3 is 2.33 bits per heavy atom. The SMILES string of the molecule is CC(C)(C)SOCCN. The smallest absolute Gasteiger partial charge is 0.0736 e. The van der Waals surface area contributed by atoms with Gasteiger partial charge in [-0.25, -0.2) is 0 Å². The Morgan fingerprint density at radius 1 is 1.44 bits per heavy atom. The van der Waals surface area contributed by atoms with Crippen molar-refractivity contribution in [3.05, 3.63) is 0 Å². The van der Waals surface area contributed by atoms with Crippen LogP contribution >= 0.6 is 12.0 Å². The lowest BCUT2D eigenvalue weighted by molar-refractivity contribution is 0.378. The second kappa shape index (κ2) is 4.14. The predicted molar refractivity (Wildman–Crippen MR) is 42.4 cm³/mol. The van der Waals surface area contributed by atoms with Crippen LogP contribution < -0.4 is 5.73 Å². The molecule has 0 aliphatic heterocycles. The van der Waals surface area contributed by atoms with Crippen LogP contribution in [0.25, 0.3) is 0 Å². The van der Waals surface area contributed by atoms with Crippen LogP contribution in [0.2, 0.25) is 0 Å². The highest BCUT2D eigenvalue weighted by atomic mass is 32.2. The summed E-state index contributed by atoms with van der Waals surface area (Å²) in [7, 11) is 0. The van der Waals surface area contributed by atoms with Gasteiger partial charge in [-0.1, -0.05) is 0 Å². The van der Waals surface area contributed by atoms with Crippen molar-refractivity contribution in [2.24, 2.45) is 5.73 Å². The van der Waals surface area contributed by atoms with E-state index in [9.17, 15) is 0 Å². The normalized spacial score (nSPS) is 12.0. The molecule has 0 aromatic heterocycles. The second-order valence-electron chi connectivity index (χ2n) is 2.81. The molecule has 56 valence electrons. The zero-order chi connectivity index (χ0) is 7.33. The molecule has 2 nitrogen and oxygen atoms in total. The van der Waals surface area contributed by atoms with Crippen molar-refractivity contribution in [1.82, 2.24) is 0 Å². The molecule has 0 aliphatic rings. The molecule has 0 fully saturated rings. The Morgan fingerprint density at radius 2 is 2.00 bits per heavy atom. The monoisotopic (exact) mass is 149 g/mol. The average Bonchev–Trinajstić information content (AvgIpc) is 1.63. The first kappa shape index (κ1) is 9.27. The van der Waals surface area contributed by atoms with Crippen LogP contribution in [0.3, 0.4) is 0 Å². The fraction of sp³-hybridized carbons (Fsp3) is 1.00. The maximum atomic E-state index is 5.22. The first-order chi connectivity index (χ1) is 4.06. The molecule has 0 aliphatic carbocycles. The molecule has 0 aromatic rings. The van der Waals surface area contributed by atoms with Crippen molar-refractivity contribution in [2.45, 2.75) is 25.5 Å². The van der Waals surface area contributed by atoms with Crippen molar-refractivity contribution < 1.29 is 4.18 Å². The Labute approximate surface area is 61.3 Å². The summed E-state index contributed by atoms with van der Waals surface area (Å²) >= 11 is 1.48. The molecule has 0 heterocycles. The van der Waals surface area contributed by atoms with E-state index in [1.54, 1.807) is 0 Å². The van der Waals surface area contributed by atoms with Gasteiger partial charge in [-0.3, -0.25) is 0 Å². The molecule has 0 rings (SSSR count). The summed E-state index contributed by atoms with van der Waals surface area (Å²) in [5.74, 6) is 0. The summed E-state index contributed by atoms with van der Waals surface area (Å²) < 4.78 is 5.33. The van der Waals surface area contributed by atoms with E-state index in [0.29, 0.717) is 13.2 Å². The quantitative estimate of drug-likeness (QED) is 0.487. The molecule has 9 heavy (non-hydrogen) atoms. The van der Waals surface area contributed by atoms with Crippen LogP contribution in [-0.2, 0) is 4.18 Å². The van der Waals surface area contributed by atoms with Gasteiger partial charge in [0.05, 0.1) is 6.61 Å². The summed E-state index contributed by atoms with van der Waals surface area (Å²) in [6.07, 6.45) is 0. The highest BCUT2D eigenvalue weighted by Crippen LogP contribution is 2.23. The molecule has 0 saturated heterocycles. The Balaban J connectivity index is 3.07. The first-order valence-electron chi connectivity index (χ1n) is 3.07. The van der Waals surface area contributed by atoms with Crippen LogP contribution in [0.1, 0.15) is 20.8 Å². The molecule has 3 heteroatoms. The minimum Gasteiger partial charge on any atom is -0.328 e. The topological polar surface area (TPSA) is 35.2 Å². The minimum absolute atomic E-state index is 0.190.